The van der Waals surface area contributed by atoms with E-state index in [0.717, 1.165) is 0 Å². The van der Waals surface area contributed by atoms with Gasteiger partial charge >= 0.3 is 0 Å². The Morgan fingerprint density at radius 3 is 2.55 bits per heavy atom. The van der Waals surface area contributed by atoms with Crippen LogP contribution >= 0.6 is 0 Å². The molecule has 1 N–H and O–H groups in total. The highest BCUT2D eigenvalue weighted by molar-refractivity contribution is 5.37. The van der Waals surface area contributed by atoms with E-state index < -0.39 is 0 Å². The van der Waals surface area contributed by atoms with E-state index >= 15 is 0 Å². The Hall–Kier alpha value is -0.980. The predicted octanol–water partition coefficient (Wildman–Crippen LogP) is 2.97. The number of hydrogen-bond acceptors (Lipinski definition) is 1. The van der Waals surface area contributed by atoms with Crippen LogP contribution in [0.15, 0.2) is 35.1 Å². The minimum Gasteiger partial charge on any atom is -0.512 e. The van der Waals surface area contributed by atoms with Crippen molar-refractivity contribution in [1.82, 2.24) is 0 Å². The molecule has 0 aromatic carbocycles. The first-order valence-electron chi connectivity index (χ1n) is 3.87. The molecule has 0 fully saturated rings. The number of hydrogen-bond donors (Lipinski definition) is 1. The van der Waals surface area contributed by atoms with E-state index in [9.17, 15) is 5.11 Å². The summed E-state index contributed by atoms with van der Waals surface area (Å²) in [5.74, 6) is 0.633. The van der Waals surface area contributed by atoms with E-state index in [4.69, 9.17) is 0 Å². The Morgan fingerprint density at radius 1 is 1.45 bits per heavy atom. The third-order valence-corrected chi connectivity index (χ3v) is 2.03. The summed E-state index contributed by atoms with van der Waals surface area (Å²) >= 11 is 0. The average Bonchev–Trinajstić information content (AvgIpc) is 1.94. The number of allylic oxidation sites excluding steroid dienone is 5. The fourth-order valence-corrected chi connectivity index (χ4v) is 1.30. The second-order valence-electron chi connectivity index (χ2n) is 3.13. The van der Waals surface area contributed by atoms with Crippen LogP contribution in [0.4, 0.5) is 0 Å². The molecule has 1 rings (SSSR count). The van der Waals surface area contributed by atoms with Crippen LogP contribution in [0.3, 0.4) is 0 Å². The zero-order valence-electron chi connectivity index (χ0n) is 7.26. The molecule has 1 aliphatic rings. The summed E-state index contributed by atoms with van der Waals surface area (Å²) in [4.78, 5) is 0. The van der Waals surface area contributed by atoms with Crippen LogP contribution in [0, 0.1) is 5.92 Å². The standard InChI is InChI=1S/C10H14O/c1-7(2)9-5-4-6-10(11)8(9)3/h4-6,8,11H,1-3H3. The lowest BCUT2D eigenvalue weighted by Gasteiger charge is -2.16. The largest absolute Gasteiger partial charge is 0.512 e. The van der Waals surface area contributed by atoms with E-state index in [0.29, 0.717) is 5.76 Å². The van der Waals surface area contributed by atoms with Crippen molar-refractivity contribution in [3.63, 3.8) is 0 Å². The maximum absolute atomic E-state index is 9.37. The van der Waals surface area contributed by atoms with Crippen LogP contribution in [0.1, 0.15) is 20.8 Å². The molecule has 0 saturated carbocycles. The lowest BCUT2D eigenvalue weighted by atomic mass is 9.91. The molecule has 1 aliphatic carbocycles. The second-order valence-corrected chi connectivity index (χ2v) is 3.13. The zero-order valence-corrected chi connectivity index (χ0v) is 7.26. The van der Waals surface area contributed by atoms with Gasteiger partial charge in [0.25, 0.3) is 0 Å². The SMILES string of the molecule is CC(C)=C1C=CC=C(O)C1C. The van der Waals surface area contributed by atoms with Gasteiger partial charge in [0.2, 0.25) is 0 Å². The molecule has 0 bridgehead atoms. The van der Waals surface area contributed by atoms with Gasteiger partial charge in [-0.15, -0.1) is 0 Å². The Labute approximate surface area is 67.7 Å². The molecule has 1 heteroatoms. The third kappa shape index (κ3) is 1.53. The van der Waals surface area contributed by atoms with Gasteiger partial charge in [0.1, 0.15) is 0 Å². The second kappa shape index (κ2) is 2.95. The van der Waals surface area contributed by atoms with Crippen LogP contribution in [0.25, 0.3) is 0 Å². The Morgan fingerprint density at radius 2 is 2.09 bits per heavy atom. The monoisotopic (exact) mass is 150 g/mol. The highest BCUT2D eigenvalue weighted by atomic mass is 16.3. The molecule has 0 aromatic heterocycles. The molecule has 0 aliphatic heterocycles. The molecule has 0 amide bonds. The number of aliphatic hydroxyl groups is 1. The highest BCUT2D eigenvalue weighted by Gasteiger charge is 2.13. The summed E-state index contributed by atoms with van der Waals surface area (Å²) < 4.78 is 0. The zero-order chi connectivity index (χ0) is 8.43. The highest BCUT2D eigenvalue weighted by Crippen LogP contribution is 2.25. The molecule has 60 valence electrons. The van der Waals surface area contributed by atoms with Crippen molar-refractivity contribution >= 4 is 0 Å². The van der Waals surface area contributed by atoms with Crippen molar-refractivity contribution in [1.29, 1.82) is 0 Å². The molecular weight excluding hydrogens is 136 g/mol. The molecule has 11 heavy (non-hydrogen) atoms. The summed E-state index contributed by atoms with van der Waals surface area (Å²) in [5.41, 5.74) is 2.50. The topological polar surface area (TPSA) is 20.2 Å². The molecule has 0 aromatic rings. The van der Waals surface area contributed by atoms with Crippen molar-refractivity contribution in [2.24, 2.45) is 5.92 Å². The first-order chi connectivity index (χ1) is 5.13. The molecule has 0 heterocycles. The fraction of sp³-hybridized carbons (Fsp3) is 0.400. The number of aliphatic hydroxyl groups excluding tert-OH is 1. The quantitative estimate of drug-likeness (QED) is 0.563. The van der Waals surface area contributed by atoms with E-state index in [1.165, 1.54) is 11.1 Å². The molecular formula is C10H14O. The van der Waals surface area contributed by atoms with Crippen LogP contribution in [0.5, 0.6) is 0 Å². The minimum absolute atomic E-state index is 0.171. The minimum atomic E-state index is 0.171. The van der Waals surface area contributed by atoms with Gasteiger partial charge in [-0.25, -0.2) is 0 Å². The predicted molar refractivity (Wildman–Crippen MR) is 47.4 cm³/mol. The van der Waals surface area contributed by atoms with Gasteiger partial charge in [-0.2, -0.15) is 0 Å². The van der Waals surface area contributed by atoms with Crippen LogP contribution in [-0.2, 0) is 0 Å². The summed E-state index contributed by atoms with van der Waals surface area (Å²) in [7, 11) is 0. The van der Waals surface area contributed by atoms with Gasteiger partial charge in [-0.05, 0) is 25.5 Å². The summed E-state index contributed by atoms with van der Waals surface area (Å²) in [6.07, 6.45) is 5.69. The molecule has 0 spiro atoms. The van der Waals surface area contributed by atoms with Crippen molar-refractivity contribution in [3.05, 3.63) is 35.1 Å². The van der Waals surface area contributed by atoms with Crippen molar-refractivity contribution < 1.29 is 5.11 Å². The average molecular weight is 150 g/mol. The van der Waals surface area contributed by atoms with Gasteiger partial charge in [0, 0.05) is 5.92 Å². The lowest BCUT2D eigenvalue weighted by molar-refractivity contribution is 0.359. The fourth-order valence-electron chi connectivity index (χ4n) is 1.30. The first-order valence-corrected chi connectivity index (χ1v) is 3.87. The van der Waals surface area contributed by atoms with E-state index in [2.05, 4.69) is 19.9 Å². The van der Waals surface area contributed by atoms with Crippen molar-refractivity contribution in [3.8, 4) is 0 Å². The van der Waals surface area contributed by atoms with E-state index in [1.807, 2.05) is 13.0 Å². The van der Waals surface area contributed by atoms with Crippen molar-refractivity contribution in [2.75, 3.05) is 0 Å². The molecule has 1 unspecified atom stereocenters. The maximum Gasteiger partial charge on any atom is 0.0994 e. The first kappa shape index (κ1) is 8.12. The van der Waals surface area contributed by atoms with Gasteiger partial charge < -0.3 is 5.11 Å². The van der Waals surface area contributed by atoms with Crippen LogP contribution in [-0.4, -0.2) is 5.11 Å². The molecule has 0 radical (unpaired) electrons. The molecule has 1 nitrogen and oxygen atoms in total. The van der Waals surface area contributed by atoms with Gasteiger partial charge in [-0.3, -0.25) is 0 Å². The number of rotatable bonds is 0. The smallest absolute Gasteiger partial charge is 0.0994 e. The Balaban J connectivity index is 3.00. The third-order valence-electron chi connectivity index (χ3n) is 2.03. The van der Waals surface area contributed by atoms with Crippen LogP contribution in [0.2, 0.25) is 0 Å². The van der Waals surface area contributed by atoms with Gasteiger partial charge in [0.15, 0.2) is 0 Å². The summed E-state index contributed by atoms with van der Waals surface area (Å²) in [6.45, 7) is 6.14. The van der Waals surface area contributed by atoms with E-state index in [1.54, 1.807) is 6.08 Å². The Bertz CT molecular complexity index is 240. The summed E-state index contributed by atoms with van der Waals surface area (Å²) in [5, 5.41) is 9.37. The summed E-state index contributed by atoms with van der Waals surface area (Å²) in [6, 6.07) is 0. The normalized spacial score (nSPS) is 23.4. The van der Waals surface area contributed by atoms with Crippen molar-refractivity contribution in [2.45, 2.75) is 20.8 Å². The molecule has 1 atom stereocenters. The lowest BCUT2D eigenvalue weighted by Crippen LogP contribution is -2.05. The maximum atomic E-state index is 9.37. The van der Waals surface area contributed by atoms with Gasteiger partial charge in [0.05, 0.1) is 5.76 Å². The van der Waals surface area contributed by atoms with Crippen LogP contribution < -0.4 is 0 Å². The molecule has 0 saturated heterocycles. The Kier molecular flexibility index (Phi) is 2.18. The van der Waals surface area contributed by atoms with Gasteiger partial charge in [-0.1, -0.05) is 24.6 Å². The van der Waals surface area contributed by atoms with E-state index in [-0.39, 0.29) is 5.92 Å².